The molecule has 0 rings (SSSR count). The Morgan fingerprint density at radius 2 is 0.808 bits per heavy atom. The number of nitrogens with zero attached hydrogens (tertiary/aromatic N) is 1. The zero-order chi connectivity index (χ0) is 38.8. The molecule has 0 heterocycles. The second kappa shape index (κ2) is 34.1. The third-order valence-corrected chi connectivity index (χ3v) is 10.6. The van der Waals surface area contributed by atoms with Crippen molar-refractivity contribution in [2.24, 2.45) is 5.92 Å². The van der Waals surface area contributed by atoms with Crippen molar-refractivity contribution in [2.75, 3.05) is 53.9 Å². The summed E-state index contributed by atoms with van der Waals surface area (Å²) in [4.78, 5) is 44.1. The molecule has 0 radical (unpaired) electrons. The van der Waals surface area contributed by atoms with E-state index in [2.05, 4.69) is 35.1 Å². The smallest absolute Gasteiger partial charge is 0.338 e. The average Bonchev–Trinajstić information content (AvgIpc) is 3.08. The van der Waals surface area contributed by atoms with E-state index in [0.717, 1.165) is 25.7 Å². The van der Waals surface area contributed by atoms with Crippen LogP contribution in [0.1, 0.15) is 181 Å². The molecule has 1 unspecified atom stereocenters. The highest BCUT2D eigenvalue weighted by Crippen LogP contribution is 2.37. The quantitative estimate of drug-likeness (QED) is 0.0211. The number of carbonyl (C=O) groups excluding carboxylic acids is 2. The van der Waals surface area contributed by atoms with Crippen LogP contribution in [0.5, 0.6) is 0 Å². The molecule has 0 saturated heterocycles. The first-order valence-electron chi connectivity index (χ1n) is 21.4. The maximum absolute atomic E-state index is 12.7. The van der Waals surface area contributed by atoms with Gasteiger partial charge in [-0.2, -0.15) is 0 Å². The normalized spacial score (nSPS) is 12.6. The monoisotopic (exact) mass is 763 g/mol. The number of rotatable bonds is 37. The van der Waals surface area contributed by atoms with E-state index in [-0.39, 0.29) is 37.7 Å². The lowest BCUT2D eigenvalue weighted by Gasteiger charge is -2.39. The average molecular weight is 763 g/mol. The molecule has 0 aliphatic heterocycles. The van der Waals surface area contributed by atoms with Crippen LogP contribution in [0.15, 0.2) is 0 Å². The van der Waals surface area contributed by atoms with Crippen molar-refractivity contribution in [1.82, 2.24) is 21.3 Å². The first-order valence-corrected chi connectivity index (χ1v) is 23.0. The Bertz CT molecular complexity index is 837. The minimum absolute atomic E-state index is 0.217. The Morgan fingerprint density at radius 1 is 0.519 bits per heavy atom. The first kappa shape index (κ1) is 50.6. The summed E-state index contributed by atoms with van der Waals surface area (Å²) >= 11 is 0. The molecule has 11 nitrogen and oxygen atoms in total. The van der Waals surface area contributed by atoms with Crippen molar-refractivity contribution in [3.05, 3.63) is 0 Å². The second-order valence-electron chi connectivity index (χ2n) is 16.0. The Kier molecular flexibility index (Phi) is 33.2. The van der Waals surface area contributed by atoms with E-state index < -0.39 is 13.9 Å². The lowest BCUT2D eigenvalue weighted by Crippen LogP contribution is -2.57. The minimum Gasteiger partial charge on any atom is -0.338 e. The second-order valence-corrected chi connectivity index (χ2v) is 17.2. The molecule has 12 heteroatoms. The Hall–Kier alpha value is -1.39. The zero-order valence-electron chi connectivity index (χ0n) is 34.5. The van der Waals surface area contributed by atoms with E-state index in [4.69, 9.17) is 4.52 Å². The van der Waals surface area contributed by atoms with Crippen molar-refractivity contribution in [1.29, 1.82) is 0 Å². The molecule has 0 bridgehead atoms. The van der Waals surface area contributed by atoms with Crippen LogP contribution in [-0.2, 0) is 9.09 Å². The summed E-state index contributed by atoms with van der Waals surface area (Å²) in [5.41, 5.74) is 0. The number of urea groups is 2. The van der Waals surface area contributed by atoms with Gasteiger partial charge in [0.15, 0.2) is 0 Å². The van der Waals surface area contributed by atoms with Crippen molar-refractivity contribution < 1.29 is 32.9 Å². The maximum atomic E-state index is 12.7. The molecule has 52 heavy (non-hydrogen) atoms. The number of phosphoric ester groups is 1. The third kappa shape index (κ3) is 34.4. The van der Waals surface area contributed by atoms with E-state index in [1.165, 1.54) is 141 Å². The van der Waals surface area contributed by atoms with Crippen LogP contribution in [0.4, 0.5) is 9.59 Å². The topological polar surface area (TPSA) is 149 Å². The van der Waals surface area contributed by atoms with Crippen LogP contribution < -0.4 is 21.3 Å². The molecule has 4 amide bonds. The fraction of sp³-hybridized carbons (Fsp3) is 0.950. The van der Waals surface area contributed by atoms with E-state index in [1.54, 1.807) is 0 Å². The molecular weight excluding hydrogens is 677 g/mol. The predicted molar refractivity (Wildman–Crippen MR) is 217 cm³/mol. The first-order chi connectivity index (χ1) is 24.9. The van der Waals surface area contributed by atoms with Gasteiger partial charge in [-0.15, -0.1) is 0 Å². The van der Waals surface area contributed by atoms with Gasteiger partial charge in [-0.1, -0.05) is 168 Å². The Balaban J connectivity index is 4.43. The number of amides is 4. The highest BCUT2D eigenvalue weighted by atomic mass is 31.2. The van der Waals surface area contributed by atoms with E-state index in [9.17, 15) is 23.9 Å². The number of quaternary nitrogens is 1. The number of phosphoric acid groups is 1. The molecule has 0 saturated carbocycles. The van der Waals surface area contributed by atoms with Gasteiger partial charge in [-0.3, -0.25) is 4.52 Å². The van der Waals surface area contributed by atoms with Gasteiger partial charge in [0.25, 0.3) is 0 Å². The molecule has 0 aromatic heterocycles. The Morgan fingerprint density at radius 3 is 1.08 bits per heavy atom. The maximum Gasteiger partial charge on any atom is 0.469 e. The number of hydrogen-bond acceptors (Lipinski definition) is 4. The summed E-state index contributed by atoms with van der Waals surface area (Å²) < 4.78 is 16.8. The highest BCUT2D eigenvalue weighted by Gasteiger charge is 2.35. The van der Waals surface area contributed by atoms with Crippen LogP contribution >= 0.6 is 7.82 Å². The fourth-order valence-corrected chi connectivity index (χ4v) is 7.12. The standard InChI is InChI=1S/C40H84N5O6P/c1-6-8-10-12-14-16-18-20-22-24-26-28-30-32-41-39(46)43-34-37(38(45(3,4)5)36-51-52(48,49)50)35-44-40(47)42-33-31-29-27-25-23-21-19-17-15-13-11-9-7-2/h37-38H,6-36H2,1-5H3,(H5-,41,42,43,44,46,47,48,49,50)/p+1. The highest BCUT2D eigenvalue weighted by molar-refractivity contribution is 7.46. The number of hydrogen-bond donors (Lipinski definition) is 6. The van der Waals surface area contributed by atoms with Crippen LogP contribution in [0.3, 0.4) is 0 Å². The lowest BCUT2D eigenvalue weighted by atomic mass is 9.97. The van der Waals surface area contributed by atoms with E-state index in [0.29, 0.717) is 17.6 Å². The van der Waals surface area contributed by atoms with Crippen LogP contribution in [0, 0.1) is 5.92 Å². The molecule has 0 aliphatic rings. The third-order valence-electron chi connectivity index (χ3n) is 10.1. The summed E-state index contributed by atoms with van der Waals surface area (Å²) in [6.07, 6.45) is 33.1. The number of nitrogens with one attached hydrogen (secondary N) is 4. The van der Waals surface area contributed by atoms with Gasteiger partial charge in [-0.25, -0.2) is 14.2 Å². The van der Waals surface area contributed by atoms with Gasteiger partial charge in [0.1, 0.15) is 12.6 Å². The zero-order valence-corrected chi connectivity index (χ0v) is 35.4. The van der Waals surface area contributed by atoms with E-state index >= 15 is 0 Å². The molecule has 0 fully saturated rings. The molecule has 0 spiro atoms. The SMILES string of the molecule is CCCCCCCCCCCCCCCNC(=O)NCC(CNC(=O)NCCCCCCCCCCCCCCC)C(COP(=O)(O)O)[N+](C)(C)C. The van der Waals surface area contributed by atoms with Crippen LogP contribution in [-0.4, -0.2) is 86.3 Å². The van der Waals surface area contributed by atoms with Crippen molar-refractivity contribution in [3.63, 3.8) is 0 Å². The largest absolute Gasteiger partial charge is 0.469 e. The molecular formula is C40H85N5O6P+. The number of unbranched alkanes of at least 4 members (excludes halogenated alkanes) is 24. The fourth-order valence-electron chi connectivity index (χ4n) is 6.77. The number of likely N-dealkylation sites (N-methyl/N-ethyl adjacent to an activating group) is 1. The number of carbonyl (C=O) groups is 2. The van der Waals surface area contributed by atoms with Gasteiger partial charge in [-0.05, 0) is 12.8 Å². The van der Waals surface area contributed by atoms with Crippen molar-refractivity contribution >= 4 is 19.9 Å². The van der Waals surface area contributed by atoms with Gasteiger partial charge in [0, 0.05) is 32.1 Å². The molecule has 0 aromatic carbocycles. The summed E-state index contributed by atoms with van der Waals surface area (Å²) in [5, 5.41) is 11.7. The van der Waals surface area contributed by atoms with Gasteiger partial charge >= 0.3 is 19.9 Å². The van der Waals surface area contributed by atoms with Crippen LogP contribution in [0.2, 0.25) is 0 Å². The summed E-state index contributed by atoms with van der Waals surface area (Å²) in [7, 11) is 1.03. The summed E-state index contributed by atoms with van der Waals surface area (Å²) in [6.45, 7) is 5.91. The molecule has 0 aromatic rings. The molecule has 1 atom stereocenters. The van der Waals surface area contributed by atoms with Gasteiger partial charge in [0.2, 0.25) is 0 Å². The predicted octanol–water partition coefficient (Wildman–Crippen LogP) is 9.57. The lowest BCUT2D eigenvalue weighted by molar-refractivity contribution is -0.900. The Labute approximate surface area is 320 Å². The van der Waals surface area contributed by atoms with Crippen molar-refractivity contribution in [3.8, 4) is 0 Å². The molecule has 0 aliphatic carbocycles. The van der Waals surface area contributed by atoms with Gasteiger partial charge in [0.05, 0.1) is 21.1 Å². The molecule has 310 valence electrons. The van der Waals surface area contributed by atoms with E-state index in [1.807, 2.05) is 21.1 Å². The summed E-state index contributed by atoms with van der Waals surface area (Å²) in [6, 6.07) is -0.978. The van der Waals surface area contributed by atoms with Crippen LogP contribution in [0.25, 0.3) is 0 Å². The molecule has 6 N–H and O–H groups in total. The van der Waals surface area contributed by atoms with Gasteiger partial charge < -0.3 is 35.5 Å². The summed E-state index contributed by atoms with van der Waals surface area (Å²) in [5.74, 6) is -0.337. The van der Waals surface area contributed by atoms with Crippen molar-refractivity contribution in [2.45, 2.75) is 187 Å². The minimum atomic E-state index is -4.69.